The largest absolute Gasteiger partial charge is 0.391 e. The molecule has 0 amide bonds. The highest BCUT2D eigenvalue weighted by Gasteiger charge is 2.18. The van der Waals surface area contributed by atoms with Crippen LogP contribution in [0.3, 0.4) is 0 Å². The summed E-state index contributed by atoms with van der Waals surface area (Å²) < 4.78 is 1.94. The summed E-state index contributed by atoms with van der Waals surface area (Å²) in [7, 11) is 0. The van der Waals surface area contributed by atoms with E-state index in [0.29, 0.717) is 6.54 Å². The van der Waals surface area contributed by atoms with Crippen molar-refractivity contribution in [2.24, 2.45) is 5.92 Å². The summed E-state index contributed by atoms with van der Waals surface area (Å²) in [5, 5.41) is 9.83. The van der Waals surface area contributed by atoms with Gasteiger partial charge in [0.15, 0.2) is 0 Å². The predicted octanol–water partition coefficient (Wildman–Crippen LogP) is 1.82. The molecule has 1 heterocycles. The summed E-state index contributed by atoms with van der Waals surface area (Å²) in [6.07, 6.45) is 11.5. The molecule has 0 radical (unpaired) electrons. The Morgan fingerprint density at radius 2 is 2.21 bits per heavy atom. The van der Waals surface area contributed by atoms with Gasteiger partial charge in [-0.05, 0) is 12.3 Å². The van der Waals surface area contributed by atoms with E-state index in [-0.39, 0.29) is 6.10 Å². The lowest BCUT2D eigenvalue weighted by molar-refractivity contribution is 0.124. The van der Waals surface area contributed by atoms with Gasteiger partial charge in [-0.3, -0.25) is 0 Å². The zero-order valence-electron chi connectivity index (χ0n) is 8.47. The molecule has 1 aromatic rings. The molecule has 1 aromatic heterocycles. The van der Waals surface area contributed by atoms with E-state index in [1.165, 1.54) is 25.7 Å². The molecule has 3 heteroatoms. The van der Waals surface area contributed by atoms with E-state index in [0.717, 1.165) is 12.3 Å². The van der Waals surface area contributed by atoms with Crippen molar-refractivity contribution in [2.75, 3.05) is 0 Å². The molecular formula is C11H18N2O. The molecule has 14 heavy (non-hydrogen) atoms. The Bertz CT molecular complexity index is 252. The molecule has 0 spiro atoms. The Kier molecular flexibility index (Phi) is 3.19. The van der Waals surface area contributed by atoms with Gasteiger partial charge in [0.25, 0.3) is 0 Å². The molecule has 0 aliphatic heterocycles. The number of hydrogen-bond donors (Lipinski definition) is 1. The van der Waals surface area contributed by atoms with Crippen molar-refractivity contribution >= 4 is 0 Å². The van der Waals surface area contributed by atoms with E-state index in [1.54, 1.807) is 12.5 Å². The van der Waals surface area contributed by atoms with E-state index < -0.39 is 0 Å². The van der Waals surface area contributed by atoms with Crippen molar-refractivity contribution in [3.63, 3.8) is 0 Å². The van der Waals surface area contributed by atoms with Gasteiger partial charge < -0.3 is 9.67 Å². The molecule has 1 N–H and O–H groups in total. The Hall–Kier alpha value is -0.830. The number of imidazole rings is 1. The third-order valence-electron chi connectivity index (χ3n) is 3.06. The molecule has 1 unspecified atom stereocenters. The van der Waals surface area contributed by atoms with Crippen LogP contribution in [0.15, 0.2) is 18.7 Å². The fourth-order valence-corrected chi connectivity index (χ4v) is 2.34. The van der Waals surface area contributed by atoms with Gasteiger partial charge in [0, 0.05) is 18.9 Å². The fraction of sp³-hybridized carbons (Fsp3) is 0.727. The average molecular weight is 194 g/mol. The van der Waals surface area contributed by atoms with E-state index in [2.05, 4.69) is 4.98 Å². The van der Waals surface area contributed by atoms with E-state index in [1.807, 2.05) is 10.8 Å². The number of aromatic nitrogens is 2. The second-order valence-corrected chi connectivity index (χ2v) is 4.30. The second kappa shape index (κ2) is 4.60. The zero-order valence-corrected chi connectivity index (χ0v) is 8.47. The summed E-state index contributed by atoms with van der Waals surface area (Å²) in [4.78, 5) is 3.96. The van der Waals surface area contributed by atoms with Crippen LogP contribution in [-0.4, -0.2) is 20.8 Å². The minimum Gasteiger partial charge on any atom is -0.391 e. The maximum absolute atomic E-state index is 9.83. The van der Waals surface area contributed by atoms with Crippen LogP contribution in [0.25, 0.3) is 0 Å². The first-order valence-corrected chi connectivity index (χ1v) is 5.48. The standard InChI is InChI=1S/C11H18N2O/c14-11(7-10-3-1-2-4-10)8-13-6-5-12-9-13/h5-6,9-11,14H,1-4,7-8H2. The summed E-state index contributed by atoms with van der Waals surface area (Å²) in [6.45, 7) is 0.691. The molecular weight excluding hydrogens is 176 g/mol. The van der Waals surface area contributed by atoms with Crippen LogP contribution in [0, 0.1) is 5.92 Å². The molecule has 0 saturated heterocycles. The fourth-order valence-electron chi connectivity index (χ4n) is 2.34. The monoisotopic (exact) mass is 194 g/mol. The number of aliphatic hydroxyl groups excluding tert-OH is 1. The lowest BCUT2D eigenvalue weighted by atomic mass is 10.0. The van der Waals surface area contributed by atoms with Gasteiger partial charge in [0.05, 0.1) is 12.4 Å². The van der Waals surface area contributed by atoms with Crippen LogP contribution in [0.5, 0.6) is 0 Å². The van der Waals surface area contributed by atoms with Crippen LogP contribution < -0.4 is 0 Å². The van der Waals surface area contributed by atoms with Crippen LogP contribution in [0.4, 0.5) is 0 Å². The molecule has 1 aliphatic rings. The number of nitrogens with zero attached hydrogens (tertiary/aromatic N) is 2. The van der Waals surface area contributed by atoms with Crippen molar-refractivity contribution in [1.29, 1.82) is 0 Å². The molecule has 2 rings (SSSR count). The van der Waals surface area contributed by atoms with Crippen LogP contribution in [0.1, 0.15) is 32.1 Å². The summed E-state index contributed by atoms with van der Waals surface area (Å²) >= 11 is 0. The molecule has 1 fully saturated rings. The average Bonchev–Trinajstić information content (AvgIpc) is 2.76. The Morgan fingerprint density at radius 3 is 2.86 bits per heavy atom. The van der Waals surface area contributed by atoms with Crippen molar-refractivity contribution in [2.45, 2.75) is 44.8 Å². The first-order chi connectivity index (χ1) is 6.84. The smallest absolute Gasteiger partial charge is 0.0946 e. The lowest BCUT2D eigenvalue weighted by Gasteiger charge is -2.15. The van der Waals surface area contributed by atoms with Gasteiger partial charge in [-0.25, -0.2) is 4.98 Å². The van der Waals surface area contributed by atoms with Gasteiger partial charge in [0.1, 0.15) is 0 Å². The van der Waals surface area contributed by atoms with Gasteiger partial charge in [-0.1, -0.05) is 25.7 Å². The van der Waals surface area contributed by atoms with Crippen LogP contribution >= 0.6 is 0 Å². The molecule has 0 aromatic carbocycles. The Morgan fingerprint density at radius 1 is 1.43 bits per heavy atom. The highest BCUT2D eigenvalue weighted by Crippen LogP contribution is 2.28. The van der Waals surface area contributed by atoms with Crippen molar-refractivity contribution < 1.29 is 5.11 Å². The number of rotatable bonds is 4. The highest BCUT2D eigenvalue weighted by molar-refractivity contribution is 4.77. The normalized spacial score (nSPS) is 20.1. The molecule has 1 saturated carbocycles. The van der Waals surface area contributed by atoms with E-state index >= 15 is 0 Å². The third-order valence-corrected chi connectivity index (χ3v) is 3.06. The van der Waals surface area contributed by atoms with Crippen molar-refractivity contribution in [3.05, 3.63) is 18.7 Å². The number of hydrogen-bond acceptors (Lipinski definition) is 2. The maximum atomic E-state index is 9.83. The molecule has 1 atom stereocenters. The summed E-state index contributed by atoms with van der Waals surface area (Å²) in [6, 6.07) is 0. The van der Waals surface area contributed by atoms with Crippen molar-refractivity contribution in [1.82, 2.24) is 9.55 Å². The van der Waals surface area contributed by atoms with Crippen LogP contribution in [-0.2, 0) is 6.54 Å². The summed E-state index contributed by atoms with van der Waals surface area (Å²) in [5.74, 6) is 0.758. The SMILES string of the molecule is OC(CC1CCCC1)Cn1ccnc1. The molecule has 78 valence electrons. The number of aliphatic hydroxyl groups is 1. The zero-order chi connectivity index (χ0) is 9.80. The topological polar surface area (TPSA) is 38.0 Å². The van der Waals surface area contributed by atoms with Crippen molar-refractivity contribution in [3.8, 4) is 0 Å². The summed E-state index contributed by atoms with van der Waals surface area (Å²) in [5.41, 5.74) is 0. The molecule has 1 aliphatic carbocycles. The van der Waals surface area contributed by atoms with Gasteiger partial charge in [0.2, 0.25) is 0 Å². The van der Waals surface area contributed by atoms with Gasteiger partial charge in [-0.15, -0.1) is 0 Å². The quantitative estimate of drug-likeness (QED) is 0.794. The minimum absolute atomic E-state index is 0.202. The Balaban J connectivity index is 1.75. The first kappa shape index (κ1) is 9.71. The highest BCUT2D eigenvalue weighted by atomic mass is 16.3. The lowest BCUT2D eigenvalue weighted by Crippen LogP contribution is -2.18. The second-order valence-electron chi connectivity index (χ2n) is 4.30. The van der Waals surface area contributed by atoms with E-state index in [4.69, 9.17) is 0 Å². The molecule has 0 bridgehead atoms. The first-order valence-electron chi connectivity index (χ1n) is 5.48. The maximum Gasteiger partial charge on any atom is 0.0946 e. The van der Waals surface area contributed by atoms with Crippen LogP contribution in [0.2, 0.25) is 0 Å². The van der Waals surface area contributed by atoms with Gasteiger partial charge in [-0.2, -0.15) is 0 Å². The minimum atomic E-state index is -0.202. The third kappa shape index (κ3) is 2.58. The van der Waals surface area contributed by atoms with E-state index in [9.17, 15) is 5.11 Å². The predicted molar refractivity (Wildman–Crippen MR) is 54.8 cm³/mol. The molecule has 3 nitrogen and oxygen atoms in total. The Labute approximate surface area is 84.8 Å². The van der Waals surface area contributed by atoms with Gasteiger partial charge >= 0.3 is 0 Å².